The molecule has 1 aliphatic rings. The van der Waals surface area contributed by atoms with E-state index in [-0.39, 0.29) is 17.7 Å². The topological polar surface area (TPSA) is 62.3 Å². The number of anilines is 1. The summed E-state index contributed by atoms with van der Waals surface area (Å²) in [4.78, 5) is 30.7. The monoisotopic (exact) mass is 411 g/mol. The molecule has 0 unspecified atom stereocenters. The van der Waals surface area contributed by atoms with E-state index in [1.165, 1.54) is 23.1 Å². The number of carbonyl (C=O) groups is 2. The van der Waals surface area contributed by atoms with Gasteiger partial charge in [0, 0.05) is 27.2 Å². The van der Waals surface area contributed by atoms with Crippen molar-refractivity contribution >= 4 is 55.3 Å². The highest BCUT2D eigenvalue weighted by atomic mass is 79.9. The Hall–Kier alpha value is -1.38. The number of nitrogens with zero attached hydrogens (tertiary/aromatic N) is 2. The number of benzene rings is 1. The Morgan fingerprint density at radius 3 is 2.78 bits per heavy atom. The lowest BCUT2D eigenvalue weighted by molar-refractivity contribution is -0.116. The molecule has 1 aromatic carbocycles. The molecule has 0 radical (unpaired) electrons. The molecular weight excluding hydrogens is 398 g/mol. The second-order valence-electron chi connectivity index (χ2n) is 5.01. The maximum Gasteiger partial charge on any atom is 0.282 e. The van der Waals surface area contributed by atoms with E-state index in [4.69, 9.17) is 0 Å². The van der Waals surface area contributed by atoms with Crippen molar-refractivity contribution in [3.8, 4) is 11.3 Å². The number of aromatic nitrogens is 1. The van der Waals surface area contributed by atoms with E-state index in [2.05, 4.69) is 26.2 Å². The van der Waals surface area contributed by atoms with Gasteiger partial charge < -0.3 is 10.2 Å². The number of rotatable bonds is 4. The number of carbonyl (C=O) groups excluding carboxylic acids is 2. The molecule has 0 spiro atoms. The molecule has 0 aliphatic carbocycles. The summed E-state index contributed by atoms with van der Waals surface area (Å²) in [6.45, 7) is 2.68. The van der Waals surface area contributed by atoms with Crippen molar-refractivity contribution in [2.24, 2.45) is 0 Å². The van der Waals surface area contributed by atoms with Gasteiger partial charge in [-0.25, -0.2) is 4.98 Å². The molecule has 1 saturated heterocycles. The van der Waals surface area contributed by atoms with E-state index in [1.807, 2.05) is 31.2 Å². The molecule has 1 aromatic heterocycles. The van der Waals surface area contributed by atoms with Crippen LogP contribution < -0.4 is 5.32 Å². The van der Waals surface area contributed by atoms with Gasteiger partial charge in [-0.2, -0.15) is 0 Å². The lowest BCUT2D eigenvalue weighted by Crippen LogP contribution is -2.33. The smallest absolute Gasteiger partial charge is 0.282 e. The van der Waals surface area contributed by atoms with Crippen LogP contribution in [0.3, 0.4) is 0 Å². The van der Waals surface area contributed by atoms with Crippen molar-refractivity contribution in [3.63, 3.8) is 0 Å². The fourth-order valence-corrected chi connectivity index (χ4v) is 4.17. The van der Waals surface area contributed by atoms with Gasteiger partial charge in [0.15, 0.2) is 5.13 Å². The summed E-state index contributed by atoms with van der Waals surface area (Å²) in [6, 6.07) is 7.89. The Morgan fingerprint density at radius 2 is 2.13 bits per heavy atom. The van der Waals surface area contributed by atoms with E-state index in [1.54, 1.807) is 4.90 Å². The lowest BCUT2D eigenvalue weighted by Gasteiger charge is -2.12. The number of hydrogen-bond donors (Lipinski definition) is 1. The maximum absolute atomic E-state index is 12.1. The number of halogens is 1. The predicted molar refractivity (Wildman–Crippen MR) is 98.0 cm³/mol. The van der Waals surface area contributed by atoms with Gasteiger partial charge in [-0.05, 0) is 19.1 Å². The number of hydrogen-bond acceptors (Lipinski definition) is 5. The quantitative estimate of drug-likeness (QED) is 0.825. The van der Waals surface area contributed by atoms with Crippen LogP contribution in [0.15, 0.2) is 28.7 Å². The highest BCUT2D eigenvalue weighted by Gasteiger charge is 2.23. The first-order chi connectivity index (χ1) is 11.0. The zero-order valence-electron chi connectivity index (χ0n) is 12.3. The zero-order chi connectivity index (χ0) is 16.4. The normalized spacial score (nSPS) is 14.3. The van der Waals surface area contributed by atoms with Crippen LogP contribution in [0.4, 0.5) is 9.93 Å². The molecule has 0 bridgehead atoms. The van der Waals surface area contributed by atoms with Gasteiger partial charge in [0.25, 0.3) is 5.24 Å². The maximum atomic E-state index is 12.1. The summed E-state index contributed by atoms with van der Waals surface area (Å²) < 4.78 is 1.01. The molecule has 1 fully saturated rings. The van der Waals surface area contributed by atoms with E-state index in [9.17, 15) is 9.59 Å². The molecule has 23 heavy (non-hydrogen) atoms. The first-order valence-electron chi connectivity index (χ1n) is 6.98. The van der Waals surface area contributed by atoms with E-state index >= 15 is 0 Å². The Labute approximate surface area is 150 Å². The summed E-state index contributed by atoms with van der Waals surface area (Å²) >= 11 is 6.10. The largest absolute Gasteiger partial charge is 0.323 e. The van der Waals surface area contributed by atoms with Gasteiger partial charge in [0.05, 0.1) is 5.69 Å². The van der Waals surface area contributed by atoms with Crippen LogP contribution >= 0.6 is 39.0 Å². The van der Waals surface area contributed by atoms with Crippen molar-refractivity contribution in [2.45, 2.75) is 6.92 Å². The van der Waals surface area contributed by atoms with Gasteiger partial charge >= 0.3 is 0 Å². The van der Waals surface area contributed by atoms with Gasteiger partial charge in [0.2, 0.25) is 5.91 Å². The Morgan fingerprint density at radius 1 is 1.39 bits per heavy atom. The Kier molecular flexibility index (Phi) is 5.03. The summed E-state index contributed by atoms with van der Waals surface area (Å²) in [5.74, 6) is 0.535. The number of amides is 2. The lowest BCUT2D eigenvalue weighted by atomic mass is 10.1. The summed E-state index contributed by atoms with van der Waals surface area (Å²) in [5.41, 5.74) is 1.87. The van der Waals surface area contributed by atoms with Gasteiger partial charge in [-0.1, -0.05) is 39.8 Å². The van der Waals surface area contributed by atoms with Gasteiger partial charge in [-0.3, -0.25) is 9.59 Å². The summed E-state index contributed by atoms with van der Waals surface area (Å²) in [6.07, 6.45) is 0. The van der Waals surface area contributed by atoms with Crippen LogP contribution in [0.1, 0.15) is 4.88 Å². The second-order valence-corrected chi connectivity index (χ2v) is 8.18. The molecular formula is C15H14BrN3O2S2. The number of nitrogens with one attached hydrogen (secondary N) is 1. The minimum absolute atomic E-state index is 0.0361. The van der Waals surface area contributed by atoms with Crippen molar-refractivity contribution < 1.29 is 9.59 Å². The zero-order valence-corrected chi connectivity index (χ0v) is 15.6. The molecule has 0 atom stereocenters. The van der Waals surface area contributed by atoms with Crippen molar-refractivity contribution in [1.82, 2.24) is 9.88 Å². The van der Waals surface area contributed by atoms with E-state index < -0.39 is 0 Å². The number of thioether (sulfide) groups is 1. The molecule has 2 heterocycles. The highest BCUT2D eigenvalue weighted by Crippen LogP contribution is 2.31. The van der Waals surface area contributed by atoms with Crippen LogP contribution in [0.25, 0.3) is 11.3 Å². The van der Waals surface area contributed by atoms with Crippen LogP contribution in [0, 0.1) is 6.92 Å². The first kappa shape index (κ1) is 16.5. The van der Waals surface area contributed by atoms with Gasteiger partial charge in [-0.15, -0.1) is 11.3 Å². The third-order valence-electron chi connectivity index (χ3n) is 3.34. The highest BCUT2D eigenvalue weighted by molar-refractivity contribution is 9.10. The molecule has 2 aromatic rings. The fourth-order valence-electron chi connectivity index (χ4n) is 2.23. The average molecular weight is 412 g/mol. The molecule has 5 nitrogen and oxygen atoms in total. The minimum atomic E-state index is -0.211. The number of thiazole rings is 1. The predicted octanol–water partition coefficient (Wildman–Crippen LogP) is 3.99. The number of aryl methyl sites for hydroxylation is 1. The van der Waals surface area contributed by atoms with E-state index in [0.717, 1.165) is 26.4 Å². The average Bonchev–Trinajstić information content (AvgIpc) is 3.06. The molecule has 0 saturated carbocycles. The van der Waals surface area contributed by atoms with Crippen LogP contribution in [0.2, 0.25) is 0 Å². The SMILES string of the molecule is Cc1sc(NC(=O)CN2CCSC2=O)nc1-c1ccc(Br)cc1. The molecule has 2 amide bonds. The molecule has 1 aliphatic heterocycles. The molecule has 120 valence electrons. The Balaban J connectivity index is 1.69. The Bertz CT molecular complexity index is 746. The second kappa shape index (κ2) is 7.02. The summed E-state index contributed by atoms with van der Waals surface area (Å²) in [7, 11) is 0. The van der Waals surface area contributed by atoms with Crippen molar-refractivity contribution in [1.29, 1.82) is 0 Å². The fraction of sp³-hybridized carbons (Fsp3) is 0.267. The van der Waals surface area contributed by atoms with Crippen molar-refractivity contribution in [3.05, 3.63) is 33.6 Å². The third-order valence-corrected chi connectivity index (χ3v) is 5.65. The van der Waals surface area contributed by atoms with Crippen LogP contribution in [-0.2, 0) is 4.79 Å². The molecule has 1 N–H and O–H groups in total. The standard InChI is InChI=1S/C15H14BrN3O2S2/c1-9-13(10-2-4-11(16)5-3-10)18-14(23-9)17-12(20)8-19-6-7-22-15(19)21/h2-5H,6-8H2,1H3,(H,17,18,20). The molecule has 3 rings (SSSR count). The minimum Gasteiger partial charge on any atom is -0.323 e. The van der Waals surface area contributed by atoms with Crippen molar-refractivity contribution in [2.75, 3.05) is 24.2 Å². The van der Waals surface area contributed by atoms with Crippen LogP contribution in [-0.4, -0.2) is 39.9 Å². The van der Waals surface area contributed by atoms with E-state index in [0.29, 0.717) is 11.7 Å². The molecule has 8 heteroatoms. The van der Waals surface area contributed by atoms with Gasteiger partial charge in [0.1, 0.15) is 6.54 Å². The van der Waals surface area contributed by atoms with Crippen LogP contribution in [0.5, 0.6) is 0 Å². The summed E-state index contributed by atoms with van der Waals surface area (Å²) in [5, 5.41) is 3.31. The first-order valence-corrected chi connectivity index (χ1v) is 9.57. The third kappa shape index (κ3) is 3.94.